The summed E-state index contributed by atoms with van der Waals surface area (Å²) in [5.41, 5.74) is 5.76. The molecule has 1 saturated heterocycles. The summed E-state index contributed by atoms with van der Waals surface area (Å²) in [4.78, 5) is 2.59. The van der Waals surface area contributed by atoms with E-state index in [4.69, 9.17) is 5.73 Å². The Labute approximate surface area is 107 Å². The fourth-order valence-corrected chi connectivity index (χ4v) is 2.05. The minimum atomic E-state index is 0. The van der Waals surface area contributed by atoms with Crippen molar-refractivity contribution in [1.29, 1.82) is 0 Å². The first-order valence-corrected chi connectivity index (χ1v) is 5.68. The zero-order chi connectivity index (χ0) is 9.68. The number of nitrogens with two attached hydrogens (primary N) is 1. The third kappa shape index (κ3) is 6.62. The molecule has 1 atom stereocenters. The van der Waals surface area contributed by atoms with E-state index in [1.54, 1.807) is 0 Å². The summed E-state index contributed by atoms with van der Waals surface area (Å²) >= 11 is 0. The molecule has 0 unspecified atom stereocenters. The Hall–Kier alpha value is 0.500. The van der Waals surface area contributed by atoms with Crippen LogP contribution in [0.25, 0.3) is 0 Å². The van der Waals surface area contributed by atoms with Crippen molar-refractivity contribution < 1.29 is 0 Å². The molecule has 0 aromatic heterocycles. The molecule has 0 saturated carbocycles. The Morgan fingerprint density at radius 2 is 1.93 bits per heavy atom. The van der Waals surface area contributed by atoms with E-state index in [0.29, 0.717) is 6.04 Å². The van der Waals surface area contributed by atoms with Crippen LogP contribution in [0.1, 0.15) is 39.5 Å². The first-order chi connectivity index (χ1) is 6.24. The van der Waals surface area contributed by atoms with Gasteiger partial charge in [-0.15, -0.1) is 24.8 Å². The maximum Gasteiger partial charge on any atom is 0.0218 e. The standard InChI is InChI=1S/C11H24N2.2ClH/c1-10(2)6-8-13-7-4-3-5-11(13)9-12;;/h10-11H,3-9,12H2,1-2H3;2*1H/t11-;;/m1../s1. The Kier molecular flexibility index (Phi) is 11.6. The second kappa shape index (κ2) is 9.71. The lowest BCUT2D eigenvalue weighted by Gasteiger charge is -2.35. The van der Waals surface area contributed by atoms with Crippen LogP contribution in [0, 0.1) is 5.92 Å². The quantitative estimate of drug-likeness (QED) is 0.839. The molecule has 0 aromatic rings. The molecule has 0 aromatic carbocycles. The van der Waals surface area contributed by atoms with Gasteiger partial charge in [0.2, 0.25) is 0 Å². The van der Waals surface area contributed by atoms with E-state index in [-0.39, 0.29) is 24.8 Å². The van der Waals surface area contributed by atoms with Gasteiger partial charge < -0.3 is 5.73 Å². The fourth-order valence-electron chi connectivity index (χ4n) is 2.05. The summed E-state index contributed by atoms with van der Waals surface area (Å²) in [6, 6.07) is 0.674. The lowest BCUT2D eigenvalue weighted by molar-refractivity contribution is 0.145. The SMILES string of the molecule is CC(C)CCN1CCCC[C@@H]1CN.Cl.Cl. The van der Waals surface area contributed by atoms with E-state index in [1.807, 2.05) is 0 Å². The van der Waals surface area contributed by atoms with Gasteiger partial charge in [0.25, 0.3) is 0 Å². The van der Waals surface area contributed by atoms with Gasteiger partial charge >= 0.3 is 0 Å². The van der Waals surface area contributed by atoms with Crippen LogP contribution in [0.3, 0.4) is 0 Å². The fraction of sp³-hybridized carbons (Fsp3) is 1.00. The van der Waals surface area contributed by atoms with Crippen LogP contribution >= 0.6 is 24.8 Å². The normalized spacial score (nSPS) is 22.0. The van der Waals surface area contributed by atoms with Crippen molar-refractivity contribution in [3.8, 4) is 0 Å². The monoisotopic (exact) mass is 256 g/mol. The average Bonchev–Trinajstić information content (AvgIpc) is 2.15. The minimum absolute atomic E-state index is 0. The third-order valence-electron chi connectivity index (χ3n) is 3.01. The van der Waals surface area contributed by atoms with Crippen molar-refractivity contribution in [3.63, 3.8) is 0 Å². The van der Waals surface area contributed by atoms with Crippen molar-refractivity contribution in [2.45, 2.75) is 45.6 Å². The molecule has 4 heteroatoms. The Morgan fingerprint density at radius 3 is 2.47 bits per heavy atom. The molecule has 0 aliphatic carbocycles. The highest BCUT2D eigenvalue weighted by atomic mass is 35.5. The van der Waals surface area contributed by atoms with Gasteiger partial charge in [-0.3, -0.25) is 4.90 Å². The van der Waals surface area contributed by atoms with Gasteiger partial charge in [0.1, 0.15) is 0 Å². The van der Waals surface area contributed by atoms with Crippen LogP contribution in [0.5, 0.6) is 0 Å². The number of piperidine rings is 1. The number of hydrogen-bond donors (Lipinski definition) is 1. The molecule has 2 N–H and O–H groups in total. The van der Waals surface area contributed by atoms with Crippen molar-refractivity contribution in [1.82, 2.24) is 4.90 Å². The summed E-state index contributed by atoms with van der Waals surface area (Å²) in [5.74, 6) is 0.820. The molecule has 94 valence electrons. The van der Waals surface area contributed by atoms with Crippen LogP contribution in [-0.2, 0) is 0 Å². The van der Waals surface area contributed by atoms with Gasteiger partial charge in [0, 0.05) is 12.6 Å². The molecular formula is C11H26Cl2N2. The summed E-state index contributed by atoms with van der Waals surface area (Å²) in [6.07, 6.45) is 5.37. The van der Waals surface area contributed by atoms with Gasteiger partial charge in [-0.05, 0) is 38.3 Å². The molecular weight excluding hydrogens is 231 g/mol. The largest absolute Gasteiger partial charge is 0.329 e. The smallest absolute Gasteiger partial charge is 0.0218 e. The number of rotatable bonds is 4. The van der Waals surface area contributed by atoms with Crippen molar-refractivity contribution in [2.75, 3.05) is 19.6 Å². The lowest BCUT2D eigenvalue weighted by Crippen LogP contribution is -2.44. The second-order valence-electron chi connectivity index (χ2n) is 4.60. The zero-order valence-electron chi connectivity index (χ0n) is 9.95. The van der Waals surface area contributed by atoms with Gasteiger partial charge in [0.15, 0.2) is 0 Å². The van der Waals surface area contributed by atoms with Crippen LogP contribution in [-0.4, -0.2) is 30.6 Å². The highest BCUT2D eigenvalue weighted by molar-refractivity contribution is 5.85. The average molecular weight is 257 g/mol. The van der Waals surface area contributed by atoms with E-state index in [1.165, 1.54) is 38.8 Å². The maximum atomic E-state index is 5.76. The number of hydrogen-bond acceptors (Lipinski definition) is 2. The molecule has 0 amide bonds. The topological polar surface area (TPSA) is 29.3 Å². The highest BCUT2D eigenvalue weighted by Gasteiger charge is 2.20. The molecule has 1 aliphatic heterocycles. The maximum absolute atomic E-state index is 5.76. The van der Waals surface area contributed by atoms with Crippen LogP contribution in [0.15, 0.2) is 0 Å². The lowest BCUT2D eigenvalue weighted by atomic mass is 10.0. The first-order valence-electron chi connectivity index (χ1n) is 5.68. The summed E-state index contributed by atoms with van der Waals surface area (Å²) in [7, 11) is 0. The van der Waals surface area contributed by atoms with Gasteiger partial charge in [0.05, 0.1) is 0 Å². The van der Waals surface area contributed by atoms with Gasteiger partial charge in [-0.2, -0.15) is 0 Å². The van der Waals surface area contributed by atoms with Crippen molar-refractivity contribution in [2.24, 2.45) is 11.7 Å². The summed E-state index contributed by atoms with van der Waals surface area (Å²) in [5, 5.41) is 0. The molecule has 1 fully saturated rings. The van der Waals surface area contributed by atoms with Crippen molar-refractivity contribution in [3.05, 3.63) is 0 Å². The summed E-state index contributed by atoms with van der Waals surface area (Å²) < 4.78 is 0. The summed E-state index contributed by atoms with van der Waals surface area (Å²) in [6.45, 7) is 7.95. The molecule has 1 aliphatic rings. The van der Waals surface area contributed by atoms with E-state index >= 15 is 0 Å². The molecule has 0 spiro atoms. The molecule has 1 rings (SSSR count). The van der Waals surface area contributed by atoms with E-state index in [2.05, 4.69) is 18.7 Å². The van der Waals surface area contributed by atoms with E-state index in [9.17, 15) is 0 Å². The molecule has 1 heterocycles. The van der Waals surface area contributed by atoms with E-state index in [0.717, 1.165) is 12.5 Å². The van der Waals surface area contributed by atoms with Crippen LogP contribution < -0.4 is 5.73 Å². The predicted octanol–water partition coefficient (Wildman–Crippen LogP) is 2.69. The number of likely N-dealkylation sites (tertiary alicyclic amines) is 1. The Bertz CT molecular complexity index is 143. The Balaban J connectivity index is 0. The number of halogens is 2. The third-order valence-corrected chi connectivity index (χ3v) is 3.01. The highest BCUT2D eigenvalue weighted by Crippen LogP contribution is 2.17. The van der Waals surface area contributed by atoms with E-state index < -0.39 is 0 Å². The molecule has 0 radical (unpaired) electrons. The molecule has 0 bridgehead atoms. The minimum Gasteiger partial charge on any atom is -0.329 e. The number of nitrogens with zero attached hydrogens (tertiary/aromatic N) is 1. The first kappa shape index (κ1) is 17.9. The molecule has 2 nitrogen and oxygen atoms in total. The second-order valence-corrected chi connectivity index (χ2v) is 4.60. The Morgan fingerprint density at radius 1 is 1.27 bits per heavy atom. The van der Waals surface area contributed by atoms with Crippen LogP contribution in [0.2, 0.25) is 0 Å². The van der Waals surface area contributed by atoms with Gasteiger partial charge in [-0.25, -0.2) is 0 Å². The molecule has 15 heavy (non-hydrogen) atoms. The van der Waals surface area contributed by atoms with Crippen LogP contribution in [0.4, 0.5) is 0 Å². The van der Waals surface area contributed by atoms with Crippen molar-refractivity contribution >= 4 is 24.8 Å². The predicted molar refractivity (Wildman–Crippen MR) is 72.2 cm³/mol. The van der Waals surface area contributed by atoms with Gasteiger partial charge in [-0.1, -0.05) is 20.3 Å². The zero-order valence-corrected chi connectivity index (χ0v) is 11.6.